The fourth-order valence-corrected chi connectivity index (χ4v) is 9.74. The Kier molecular flexibility index (Phi) is 59.0. The van der Waals surface area contributed by atoms with Gasteiger partial charge in [-0.3, -0.25) is 9.59 Å². The van der Waals surface area contributed by atoms with E-state index in [2.05, 4.69) is 43.5 Å². The number of allylic oxidation sites excluding steroid dienone is 5. The summed E-state index contributed by atoms with van der Waals surface area (Å²) in [6.07, 6.45) is 76.1. The number of carbonyl (C=O) groups is 2. The molecule has 0 aliphatic heterocycles. The van der Waals surface area contributed by atoms with E-state index in [9.17, 15) is 19.8 Å². The van der Waals surface area contributed by atoms with Gasteiger partial charge >= 0.3 is 5.97 Å². The summed E-state index contributed by atoms with van der Waals surface area (Å²) >= 11 is 0. The molecule has 0 aliphatic carbocycles. The van der Waals surface area contributed by atoms with Crippen molar-refractivity contribution in [2.75, 3.05) is 13.2 Å². The summed E-state index contributed by atoms with van der Waals surface area (Å²) in [7, 11) is 0. The van der Waals surface area contributed by atoms with Crippen LogP contribution in [-0.4, -0.2) is 47.4 Å². The normalized spacial score (nSPS) is 12.8. The molecule has 0 heterocycles. The molecule has 0 aliphatic rings. The number of aliphatic hydroxyl groups excluding tert-OH is 2. The Bertz CT molecular complexity index is 1150. The molecule has 0 aromatic carbocycles. The Morgan fingerprint density at radius 1 is 0.380 bits per heavy atom. The second-order valence-electron chi connectivity index (χ2n) is 21.7. The quantitative estimate of drug-likeness (QED) is 0.0321. The lowest BCUT2D eigenvalue weighted by Crippen LogP contribution is -2.45. The summed E-state index contributed by atoms with van der Waals surface area (Å²) < 4.78 is 5.47. The molecule has 2 atom stereocenters. The van der Waals surface area contributed by atoms with Crippen LogP contribution in [0.3, 0.4) is 0 Å². The highest BCUT2D eigenvalue weighted by molar-refractivity contribution is 5.76. The van der Waals surface area contributed by atoms with E-state index in [1.54, 1.807) is 6.08 Å². The smallest absolute Gasteiger partial charge is 0.305 e. The Morgan fingerprint density at radius 2 is 0.662 bits per heavy atom. The van der Waals surface area contributed by atoms with Crippen LogP contribution in [0, 0.1) is 0 Å². The van der Waals surface area contributed by atoms with Crippen LogP contribution in [0.25, 0.3) is 0 Å². The minimum absolute atomic E-state index is 0.0114. The second kappa shape index (κ2) is 60.6. The number of nitrogens with one attached hydrogen (secondary N) is 1. The number of carbonyl (C=O) groups excluding carboxylic acids is 2. The summed E-state index contributed by atoms with van der Waals surface area (Å²) in [5.74, 6) is -0.0939. The van der Waals surface area contributed by atoms with Crippen molar-refractivity contribution in [3.05, 3.63) is 36.5 Å². The predicted molar refractivity (Wildman–Crippen MR) is 310 cm³/mol. The van der Waals surface area contributed by atoms with Crippen LogP contribution in [0.5, 0.6) is 0 Å². The molecule has 3 N–H and O–H groups in total. The van der Waals surface area contributed by atoms with Crippen molar-refractivity contribution in [2.24, 2.45) is 0 Å². The van der Waals surface area contributed by atoms with Gasteiger partial charge in [0.25, 0.3) is 0 Å². The lowest BCUT2D eigenvalue weighted by atomic mass is 10.0. The van der Waals surface area contributed by atoms with Gasteiger partial charge in [-0.2, -0.15) is 0 Å². The van der Waals surface area contributed by atoms with E-state index < -0.39 is 12.1 Å². The molecule has 0 aromatic heterocycles. The van der Waals surface area contributed by atoms with Crippen molar-refractivity contribution in [3.8, 4) is 0 Å². The molecule has 6 heteroatoms. The molecule has 1 amide bonds. The van der Waals surface area contributed by atoms with Crippen LogP contribution >= 0.6 is 0 Å². The topological polar surface area (TPSA) is 95.9 Å². The van der Waals surface area contributed by atoms with Crippen molar-refractivity contribution in [3.63, 3.8) is 0 Å². The summed E-state index contributed by atoms with van der Waals surface area (Å²) in [4.78, 5) is 24.6. The highest BCUT2D eigenvalue weighted by Crippen LogP contribution is 2.17. The first-order chi connectivity index (χ1) is 35.0. The van der Waals surface area contributed by atoms with Crippen molar-refractivity contribution < 1.29 is 24.5 Å². The Morgan fingerprint density at radius 3 is 1.00 bits per heavy atom. The van der Waals surface area contributed by atoms with Crippen LogP contribution in [0.1, 0.15) is 341 Å². The largest absolute Gasteiger partial charge is 0.466 e. The number of esters is 1. The van der Waals surface area contributed by atoms with Gasteiger partial charge in [0.05, 0.1) is 25.4 Å². The molecule has 0 saturated carbocycles. The van der Waals surface area contributed by atoms with E-state index in [1.165, 1.54) is 250 Å². The molecule has 6 nitrogen and oxygen atoms in total. The molecular formula is C65H123NO5. The fraction of sp³-hybridized carbons (Fsp3) is 0.877. The first-order valence-electron chi connectivity index (χ1n) is 31.8. The molecule has 418 valence electrons. The highest BCUT2D eigenvalue weighted by Gasteiger charge is 2.18. The number of aliphatic hydroxyl groups is 2. The second-order valence-corrected chi connectivity index (χ2v) is 21.7. The van der Waals surface area contributed by atoms with Gasteiger partial charge < -0.3 is 20.3 Å². The number of ether oxygens (including phenoxy) is 1. The highest BCUT2D eigenvalue weighted by atomic mass is 16.5. The molecule has 0 bridgehead atoms. The van der Waals surface area contributed by atoms with E-state index in [0.717, 1.165) is 64.2 Å². The van der Waals surface area contributed by atoms with Crippen LogP contribution in [0.15, 0.2) is 36.5 Å². The van der Waals surface area contributed by atoms with Gasteiger partial charge in [0.2, 0.25) is 5.91 Å². The number of hydrogen-bond acceptors (Lipinski definition) is 5. The third-order valence-electron chi connectivity index (χ3n) is 14.6. The number of rotatable bonds is 59. The molecule has 2 unspecified atom stereocenters. The molecule has 0 spiro atoms. The van der Waals surface area contributed by atoms with Gasteiger partial charge in [-0.05, 0) is 83.5 Å². The number of hydrogen-bond donors (Lipinski definition) is 3. The van der Waals surface area contributed by atoms with Crippen LogP contribution in [0.2, 0.25) is 0 Å². The monoisotopic (exact) mass is 998 g/mol. The van der Waals surface area contributed by atoms with Gasteiger partial charge in [0, 0.05) is 12.8 Å². The van der Waals surface area contributed by atoms with Crippen LogP contribution < -0.4 is 5.32 Å². The maximum absolute atomic E-state index is 12.5. The zero-order valence-electron chi connectivity index (χ0n) is 47.7. The summed E-state index contributed by atoms with van der Waals surface area (Å²) in [6.45, 7) is 4.89. The van der Waals surface area contributed by atoms with Crippen LogP contribution in [-0.2, 0) is 14.3 Å². The third-order valence-corrected chi connectivity index (χ3v) is 14.6. The van der Waals surface area contributed by atoms with Gasteiger partial charge in [0.15, 0.2) is 0 Å². The molecule has 0 saturated heterocycles. The standard InChI is InChI=1S/C65H123NO5/c1-3-5-7-9-11-13-15-17-19-20-21-22-23-24-25-26-30-33-37-41-45-49-53-57-63(68)62(61-67)66-64(69)58-54-50-46-42-38-34-31-27-28-32-36-40-44-48-52-56-60-71-65(70)59-55-51-47-43-39-35-29-18-16-14-12-10-8-6-4-2/h18,27,29,31,53,57,62-63,67-68H,3-17,19-26,28,30,32-52,54-56,58-61H2,1-2H3,(H,66,69)/b29-18-,31-27-,57-53+. The average molecular weight is 999 g/mol. The number of unbranched alkanes of at least 4 members (excludes halogenated alkanes) is 44. The zero-order valence-corrected chi connectivity index (χ0v) is 47.7. The lowest BCUT2D eigenvalue weighted by molar-refractivity contribution is -0.143. The van der Waals surface area contributed by atoms with E-state index in [1.807, 2.05) is 6.08 Å². The van der Waals surface area contributed by atoms with E-state index in [-0.39, 0.29) is 18.5 Å². The first kappa shape index (κ1) is 69.1. The fourth-order valence-electron chi connectivity index (χ4n) is 9.74. The molecule has 0 radical (unpaired) electrons. The molecule has 0 rings (SSSR count). The predicted octanol–water partition coefficient (Wildman–Crippen LogP) is 20.0. The summed E-state index contributed by atoms with van der Waals surface area (Å²) in [6, 6.07) is -0.642. The van der Waals surface area contributed by atoms with E-state index >= 15 is 0 Å². The molecular weight excluding hydrogens is 875 g/mol. The van der Waals surface area contributed by atoms with Gasteiger partial charge in [-0.25, -0.2) is 0 Å². The average Bonchev–Trinajstić information content (AvgIpc) is 3.37. The minimum Gasteiger partial charge on any atom is -0.466 e. The SMILES string of the molecule is CCCCCCCC/C=C\CCCCCCCC(=O)OCCCCCCCCC/C=C\CCCCCCCC(=O)NC(CO)C(O)/C=C/CCCCCCCCCCCCCCCCCCCCCCC. The van der Waals surface area contributed by atoms with Gasteiger partial charge in [0.1, 0.15) is 0 Å². The first-order valence-corrected chi connectivity index (χ1v) is 31.8. The maximum Gasteiger partial charge on any atom is 0.305 e. The molecule has 0 aromatic rings. The van der Waals surface area contributed by atoms with Crippen molar-refractivity contribution in [2.45, 2.75) is 353 Å². The van der Waals surface area contributed by atoms with Crippen molar-refractivity contribution >= 4 is 11.9 Å². The van der Waals surface area contributed by atoms with Crippen molar-refractivity contribution in [1.82, 2.24) is 5.32 Å². The Hall–Kier alpha value is -1.92. The molecule has 71 heavy (non-hydrogen) atoms. The van der Waals surface area contributed by atoms with Crippen molar-refractivity contribution in [1.29, 1.82) is 0 Å². The van der Waals surface area contributed by atoms with Gasteiger partial charge in [-0.1, -0.05) is 281 Å². The zero-order chi connectivity index (χ0) is 51.4. The maximum atomic E-state index is 12.5. The Labute approximate surface area is 443 Å². The Balaban J connectivity index is 3.50. The van der Waals surface area contributed by atoms with Gasteiger partial charge in [-0.15, -0.1) is 0 Å². The van der Waals surface area contributed by atoms with E-state index in [4.69, 9.17) is 4.74 Å². The summed E-state index contributed by atoms with van der Waals surface area (Å²) in [5.41, 5.74) is 0. The number of amides is 1. The molecule has 0 fully saturated rings. The van der Waals surface area contributed by atoms with E-state index in [0.29, 0.717) is 19.4 Å². The summed E-state index contributed by atoms with van der Waals surface area (Å²) in [5, 5.41) is 23.2. The lowest BCUT2D eigenvalue weighted by Gasteiger charge is -2.20. The van der Waals surface area contributed by atoms with Crippen LogP contribution in [0.4, 0.5) is 0 Å². The third kappa shape index (κ3) is 57.2. The minimum atomic E-state index is -0.857.